The molecular weight excluding hydrogens is 226 g/mol. The minimum absolute atomic E-state index is 0.522. The van der Waals surface area contributed by atoms with Crippen molar-refractivity contribution in [2.24, 2.45) is 11.8 Å². The zero-order valence-electron chi connectivity index (χ0n) is 11.7. The summed E-state index contributed by atoms with van der Waals surface area (Å²) < 4.78 is 0. The molecule has 3 N–H and O–H groups in total. The molecule has 1 aromatic rings. The van der Waals surface area contributed by atoms with Gasteiger partial charge < -0.3 is 10.3 Å². The van der Waals surface area contributed by atoms with E-state index < -0.39 is 0 Å². The van der Waals surface area contributed by atoms with Gasteiger partial charge in [0.1, 0.15) is 17.5 Å². The molecule has 5 nitrogen and oxygen atoms in total. The third kappa shape index (κ3) is 2.41. The van der Waals surface area contributed by atoms with Gasteiger partial charge >= 0.3 is 0 Å². The van der Waals surface area contributed by atoms with Crippen LogP contribution in [0, 0.1) is 12.8 Å². The molecule has 1 saturated carbocycles. The molecule has 1 unspecified atom stereocenters. The van der Waals surface area contributed by atoms with Crippen LogP contribution in [0.3, 0.4) is 0 Å². The summed E-state index contributed by atoms with van der Waals surface area (Å²) >= 11 is 0. The van der Waals surface area contributed by atoms with Crippen molar-refractivity contribution in [1.82, 2.24) is 9.97 Å². The van der Waals surface area contributed by atoms with Crippen LogP contribution in [-0.2, 0) is 6.42 Å². The van der Waals surface area contributed by atoms with E-state index in [0.717, 1.165) is 35.4 Å². The number of nitrogens with two attached hydrogens (primary N) is 1. The maximum atomic E-state index is 5.53. The third-order valence-corrected chi connectivity index (χ3v) is 3.87. The standard InChI is InChI=1S/C13H23N5/c1-5-11-15-12(17-14)8(2)13(16-11)18(4)9(3)10-6-7-10/h9-10H,5-7,14H2,1-4H3,(H,15,16,17). The van der Waals surface area contributed by atoms with Crippen molar-refractivity contribution in [2.45, 2.75) is 46.1 Å². The summed E-state index contributed by atoms with van der Waals surface area (Å²) in [5, 5.41) is 0. The van der Waals surface area contributed by atoms with Crippen molar-refractivity contribution in [3.05, 3.63) is 11.4 Å². The smallest absolute Gasteiger partial charge is 0.148 e. The number of hydrogen-bond acceptors (Lipinski definition) is 5. The minimum Gasteiger partial charge on any atom is -0.356 e. The molecule has 1 fully saturated rings. The molecular formula is C13H23N5. The highest BCUT2D eigenvalue weighted by Gasteiger charge is 2.32. The lowest BCUT2D eigenvalue weighted by Gasteiger charge is -2.28. The first kappa shape index (κ1) is 13.1. The maximum absolute atomic E-state index is 5.53. The van der Waals surface area contributed by atoms with Gasteiger partial charge in [0.25, 0.3) is 0 Å². The summed E-state index contributed by atoms with van der Waals surface area (Å²) in [5.74, 6) is 8.90. The Kier molecular flexibility index (Phi) is 3.71. The predicted octanol–water partition coefficient (Wildman–Crippen LogP) is 1.87. The van der Waals surface area contributed by atoms with Crippen LogP contribution in [0.5, 0.6) is 0 Å². The average Bonchev–Trinajstić information content (AvgIpc) is 3.21. The lowest BCUT2D eigenvalue weighted by atomic mass is 10.1. The van der Waals surface area contributed by atoms with Gasteiger partial charge in [0.2, 0.25) is 0 Å². The number of aryl methyl sites for hydroxylation is 1. The Bertz CT molecular complexity index is 428. The van der Waals surface area contributed by atoms with Gasteiger partial charge in [-0.05, 0) is 32.6 Å². The molecule has 0 amide bonds. The highest BCUT2D eigenvalue weighted by Crippen LogP contribution is 2.37. The van der Waals surface area contributed by atoms with Crippen LogP contribution in [0.15, 0.2) is 0 Å². The summed E-state index contributed by atoms with van der Waals surface area (Å²) in [6.07, 6.45) is 3.48. The molecule has 0 bridgehead atoms. The van der Waals surface area contributed by atoms with E-state index in [-0.39, 0.29) is 0 Å². The Morgan fingerprint density at radius 3 is 2.61 bits per heavy atom. The van der Waals surface area contributed by atoms with E-state index in [2.05, 4.69) is 41.2 Å². The van der Waals surface area contributed by atoms with E-state index in [1.807, 2.05) is 6.92 Å². The summed E-state index contributed by atoms with van der Waals surface area (Å²) in [6.45, 7) is 6.33. The molecule has 1 aliphatic carbocycles. The highest BCUT2D eigenvalue weighted by atomic mass is 15.3. The lowest BCUT2D eigenvalue weighted by Crippen LogP contribution is -2.32. The first-order valence-electron chi connectivity index (χ1n) is 6.65. The van der Waals surface area contributed by atoms with E-state index in [4.69, 9.17) is 5.84 Å². The highest BCUT2D eigenvalue weighted by molar-refractivity contribution is 5.58. The van der Waals surface area contributed by atoms with Gasteiger partial charge in [0, 0.05) is 25.1 Å². The van der Waals surface area contributed by atoms with Gasteiger partial charge in [0.15, 0.2) is 0 Å². The van der Waals surface area contributed by atoms with Crippen LogP contribution in [0.4, 0.5) is 11.6 Å². The zero-order chi connectivity index (χ0) is 13.3. The molecule has 0 saturated heterocycles. The Morgan fingerprint density at radius 1 is 1.44 bits per heavy atom. The second-order valence-corrected chi connectivity index (χ2v) is 5.12. The Labute approximate surface area is 109 Å². The van der Waals surface area contributed by atoms with Crippen LogP contribution < -0.4 is 16.2 Å². The van der Waals surface area contributed by atoms with Gasteiger partial charge in [-0.3, -0.25) is 0 Å². The molecule has 1 heterocycles. The van der Waals surface area contributed by atoms with Crippen LogP contribution in [-0.4, -0.2) is 23.1 Å². The van der Waals surface area contributed by atoms with Crippen molar-refractivity contribution in [3.63, 3.8) is 0 Å². The van der Waals surface area contributed by atoms with Crippen LogP contribution >= 0.6 is 0 Å². The van der Waals surface area contributed by atoms with E-state index in [0.29, 0.717) is 6.04 Å². The van der Waals surface area contributed by atoms with Gasteiger partial charge in [-0.1, -0.05) is 6.92 Å². The van der Waals surface area contributed by atoms with E-state index in [9.17, 15) is 0 Å². The lowest BCUT2D eigenvalue weighted by molar-refractivity contribution is 0.601. The molecule has 0 spiro atoms. The number of nitrogens with zero attached hydrogens (tertiary/aromatic N) is 3. The summed E-state index contributed by atoms with van der Waals surface area (Å²) in [7, 11) is 2.11. The van der Waals surface area contributed by atoms with Gasteiger partial charge in [-0.2, -0.15) is 0 Å². The molecule has 0 radical (unpaired) electrons. The molecule has 1 aliphatic rings. The maximum Gasteiger partial charge on any atom is 0.148 e. The first-order valence-corrected chi connectivity index (χ1v) is 6.65. The second-order valence-electron chi connectivity index (χ2n) is 5.12. The van der Waals surface area contributed by atoms with E-state index in [1.54, 1.807) is 0 Å². The van der Waals surface area contributed by atoms with Crippen molar-refractivity contribution >= 4 is 11.6 Å². The van der Waals surface area contributed by atoms with Gasteiger partial charge in [-0.15, -0.1) is 0 Å². The number of anilines is 2. The van der Waals surface area contributed by atoms with Crippen molar-refractivity contribution in [3.8, 4) is 0 Å². The fraction of sp³-hybridized carbons (Fsp3) is 0.692. The summed E-state index contributed by atoms with van der Waals surface area (Å²) in [5.41, 5.74) is 3.69. The average molecular weight is 249 g/mol. The SMILES string of the molecule is CCc1nc(NN)c(C)c(N(C)C(C)C2CC2)n1. The molecule has 2 rings (SSSR count). The molecule has 100 valence electrons. The molecule has 5 heteroatoms. The Morgan fingerprint density at radius 2 is 2.11 bits per heavy atom. The number of hydrogen-bond donors (Lipinski definition) is 2. The number of hydrazine groups is 1. The van der Waals surface area contributed by atoms with Crippen molar-refractivity contribution in [2.75, 3.05) is 17.4 Å². The van der Waals surface area contributed by atoms with Gasteiger partial charge in [-0.25, -0.2) is 15.8 Å². The first-order chi connectivity index (χ1) is 8.58. The van der Waals surface area contributed by atoms with E-state index in [1.165, 1.54) is 12.8 Å². The van der Waals surface area contributed by atoms with Crippen molar-refractivity contribution in [1.29, 1.82) is 0 Å². The number of aromatic nitrogens is 2. The predicted molar refractivity (Wildman–Crippen MR) is 74.5 cm³/mol. The monoisotopic (exact) mass is 249 g/mol. The molecule has 18 heavy (non-hydrogen) atoms. The van der Waals surface area contributed by atoms with Crippen LogP contribution in [0.25, 0.3) is 0 Å². The van der Waals surface area contributed by atoms with Gasteiger partial charge in [0.05, 0.1) is 0 Å². The molecule has 0 aromatic carbocycles. The topological polar surface area (TPSA) is 67.1 Å². The van der Waals surface area contributed by atoms with Crippen molar-refractivity contribution < 1.29 is 0 Å². The minimum atomic E-state index is 0.522. The Balaban J connectivity index is 2.35. The fourth-order valence-electron chi connectivity index (χ4n) is 2.28. The molecule has 1 atom stereocenters. The summed E-state index contributed by atoms with van der Waals surface area (Å²) in [4.78, 5) is 11.3. The summed E-state index contributed by atoms with van der Waals surface area (Å²) in [6, 6.07) is 0.522. The molecule has 0 aliphatic heterocycles. The normalized spacial score (nSPS) is 16.5. The third-order valence-electron chi connectivity index (χ3n) is 3.87. The number of nitrogens with one attached hydrogen (secondary N) is 1. The number of rotatable bonds is 5. The molecule has 1 aromatic heterocycles. The second kappa shape index (κ2) is 5.10. The quantitative estimate of drug-likeness (QED) is 0.616. The van der Waals surface area contributed by atoms with Crippen LogP contribution in [0.2, 0.25) is 0 Å². The Hall–Kier alpha value is -1.36. The number of nitrogen functional groups attached to an aromatic ring is 1. The largest absolute Gasteiger partial charge is 0.356 e. The van der Waals surface area contributed by atoms with E-state index >= 15 is 0 Å². The zero-order valence-corrected chi connectivity index (χ0v) is 11.7. The van der Waals surface area contributed by atoms with Crippen LogP contribution in [0.1, 0.15) is 38.1 Å². The fourth-order valence-corrected chi connectivity index (χ4v) is 2.28.